The topological polar surface area (TPSA) is 112 Å². The Kier molecular flexibility index (Phi) is 8.66. The molecule has 3 rings (SSSR count). The molecule has 2 N–H and O–H groups in total. The van der Waals surface area contributed by atoms with Crippen molar-refractivity contribution in [1.29, 1.82) is 0 Å². The van der Waals surface area contributed by atoms with Gasteiger partial charge in [0.1, 0.15) is 17.2 Å². The van der Waals surface area contributed by atoms with E-state index >= 15 is 0 Å². The largest absolute Gasteiger partial charge is 0.513 e. The third-order valence-electron chi connectivity index (χ3n) is 4.83. The fourth-order valence-corrected chi connectivity index (χ4v) is 3.10. The number of benzene rings is 3. The van der Waals surface area contributed by atoms with Gasteiger partial charge in [-0.2, -0.15) is 0 Å². The third-order valence-corrected chi connectivity index (χ3v) is 4.83. The number of amides is 2. The lowest BCUT2D eigenvalue weighted by atomic mass is 10.1. The standard InChI is InChI=1S/C26H26N2O7/c1-4-34-26(31)35-21-10-8-18(9-11-21)24(29)27-16-17-6-5-7-20(12-17)28-25(30)19-13-22(32-2)15-23(14-19)33-3/h5-15H,4,16H2,1-3H3,(H,27,29)(H,28,30). The van der Waals surface area contributed by atoms with Gasteiger partial charge in [0.2, 0.25) is 0 Å². The molecule has 0 spiro atoms. The van der Waals surface area contributed by atoms with E-state index in [-0.39, 0.29) is 30.7 Å². The Hall–Kier alpha value is -4.53. The van der Waals surface area contributed by atoms with E-state index in [0.717, 1.165) is 5.56 Å². The minimum Gasteiger partial charge on any atom is -0.497 e. The smallest absolute Gasteiger partial charge is 0.497 e. The van der Waals surface area contributed by atoms with Crippen LogP contribution in [0.2, 0.25) is 0 Å². The van der Waals surface area contributed by atoms with Gasteiger partial charge in [-0.3, -0.25) is 9.59 Å². The normalized spacial score (nSPS) is 10.1. The molecule has 0 aromatic heterocycles. The van der Waals surface area contributed by atoms with Crippen LogP contribution in [0.1, 0.15) is 33.2 Å². The summed E-state index contributed by atoms with van der Waals surface area (Å²) in [6.07, 6.45) is -0.804. The van der Waals surface area contributed by atoms with Crippen molar-refractivity contribution in [3.63, 3.8) is 0 Å². The Bertz CT molecular complexity index is 1170. The molecule has 0 fully saturated rings. The van der Waals surface area contributed by atoms with E-state index in [1.165, 1.54) is 26.4 Å². The van der Waals surface area contributed by atoms with Gasteiger partial charge in [0, 0.05) is 29.4 Å². The van der Waals surface area contributed by atoms with Crippen LogP contribution in [-0.4, -0.2) is 38.8 Å². The zero-order valence-electron chi connectivity index (χ0n) is 19.6. The van der Waals surface area contributed by atoms with E-state index in [1.54, 1.807) is 55.5 Å². The zero-order chi connectivity index (χ0) is 25.2. The average molecular weight is 479 g/mol. The number of methoxy groups -OCH3 is 2. The molecule has 0 radical (unpaired) electrons. The Morgan fingerprint density at radius 3 is 2.09 bits per heavy atom. The number of anilines is 1. The van der Waals surface area contributed by atoms with Crippen LogP contribution in [0.4, 0.5) is 10.5 Å². The van der Waals surface area contributed by atoms with Crippen molar-refractivity contribution < 1.29 is 33.3 Å². The molecule has 3 aromatic rings. The minimum atomic E-state index is -0.804. The van der Waals surface area contributed by atoms with Gasteiger partial charge in [0.25, 0.3) is 11.8 Å². The molecule has 0 aliphatic rings. The molecular weight excluding hydrogens is 452 g/mol. The number of ether oxygens (including phenoxy) is 4. The summed E-state index contributed by atoms with van der Waals surface area (Å²) in [5, 5.41) is 5.66. The molecule has 0 bridgehead atoms. The minimum absolute atomic E-state index is 0.208. The zero-order valence-corrected chi connectivity index (χ0v) is 19.6. The SMILES string of the molecule is CCOC(=O)Oc1ccc(C(=O)NCc2cccc(NC(=O)c3cc(OC)cc(OC)c3)c2)cc1. The molecule has 0 aliphatic heterocycles. The fraction of sp³-hybridized carbons (Fsp3) is 0.192. The second kappa shape index (κ2) is 12.1. The first-order chi connectivity index (χ1) is 16.9. The van der Waals surface area contributed by atoms with Crippen LogP contribution >= 0.6 is 0 Å². The summed E-state index contributed by atoms with van der Waals surface area (Å²) in [6, 6.07) is 18.2. The molecule has 0 saturated carbocycles. The van der Waals surface area contributed by atoms with Crippen LogP contribution in [0.3, 0.4) is 0 Å². The Morgan fingerprint density at radius 1 is 0.771 bits per heavy atom. The Morgan fingerprint density at radius 2 is 1.46 bits per heavy atom. The number of hydrogen-bond donors (Lipinski definition) is 2. The number of carbonyl (C=O) groups excluding carboxylic acids is 3. The van der Waals surface area contributed by atoms with E-state index in [0.29, 0.717) is 28.3 Å². The van der Waals surface area contributed by atoms with E-state index < -0.39 is 6.16 Å². The molecule has 182 valence electrons. The predicted molar refractivity (Wildman–Crippen MR) is 129 cm³/mol. The summed E-state index contributed by atoms with van der Waals surface area (Å²) in [5.41, 5.74) is 2.15. The first-order valence-electron chi connectivity index (χ1n) is 10.8. The van der Waals surface area contributed by atoms with E-state index in [1.807, 2.05) is 6.07 Å². The van der Waals surface area contributed by atoms with Gasteiger partial charge >= 0.3 is 6.16 Å². The number of rotatable bonds is 9. The lowest BCUT2D eigenvalue weighted by Gasteiger charge is -2.11. The van der Waals surface area contributed by atoms with Crippen LogP contribution in [0.25, 0.3) is 0 Å². The van der Waals surface area contributed by atoms with Crippen LogP contribution in [0, 0.1) is 0 Å². The third kappa shape index (κ3) is 7.23. The van der Waals surface area contributed by atoms with Crippen LogP contribution < -0.4 is 24.8 Å². The lowest BCUT2D eigenvalue weighted by Crippen LogP contribution is -2.22. The molecule has 3 aromatic carbocycles. The van der Waals surface area contributed by atoms with Gasteiger partial charge in [0.05, 0.1) is 20.8 Å². The molecule has 9 heteroatoms. The summed E-state index contributed by atoms with van der Waals surface area (Å²) >= 11 is 0. The van der Waals surface area contributed by atoms with Crippen molar-refractivity contribution >= 4 is 23.7 Å². The van der Waals surface area contributed by atoms with Crippen molar-refractivity contribution in [1.82, 2.24) is 5.32 Å². The molecule has 35 heavy (non-hydrogen) atoms. The highest BCUT2D eigenvalue weighted by Gasteiger charge is 2.12. The van der Waals surface area contributed by atoms with Gasteiger partial charge in [0.15, 0.2) is 0 Å². The summed E-state index contributed by atoms with van der Waals surface area (Å²) in [4.78, 5) is 36.6. The average Bonchev–Trinajstić information content (AvgIpc) is 2.87. The van der Waals surface area contributed by atoms with Crippen molar-refractivity contribution in [3.05, 3.63) is 83.4 Å². The summed E-state index contributed by atoms with van der Waals surface area (Å²) in [7, 11) is 3.03. The second-order valence-corrected chi connectivity index (χ2v) is 7.25. The molecule has 0 atom stereocenters. The van der Waals surface area contributed by atoms with Crippen LogP contribution in [-0.2, 0) is 11.3 Å². The number of carbonyl (C=O) groups is 3. The first-order valence-corrected chi connectivity index (χ1v) is 10.8. The van der Waals surface area contributed by atoms with Crippen molar-refractivity contribution in [3.8, 4) is 17.2 Å². The van der Waals surface area contributed by atoms with Crippen molar-refractivity contribution in [2.24, 2.45) is 0 Å². The molecule has 2 amide bonds. The van der Waals surface area contributed by atoms with Gasteiger partial charge in [-0.25, -0.2) is 4.79 Å². The summed E-state index contributed by atoms with van der Waals surface area (Å²) < 4.78 is 20.1. The second-order valence-electron chi connectivity index (χ2n) is 7.25. The molecule has 0 unspecified atom stereocenters. The highest BCUT2D eigenvalue weighted by Crippen LogP contribution is 2.23. The van der Waals surface area contributed by atoms with Crippen LogP contribution in [0.15, 0.2) is 66.7 Å². The van der Waals surface area contributed by atoms with Crippen molar-refractivity contribution in [2.45, 2.75) is 13.5 Å². The number of hydrogen-bond acceptors (Lipinski definition) is 7. The maximum atomic E-state index is 12.7. The maximum absolute atomic E-state index is 12.7. The van der Waals surface area contributed by atoms with Gasteiger partial charge < -0.3 is 29.6 Å². The van der Waals surface area contributed by atoms with Gasteiger partial charge in [-0.1, -0.05) is 12.1 Å². The molecular formula is C26H26N2O7. The molecule has 0 saturated heterocycles. The van der Waals surface area contributed by atoms with E-state index in [9.17, 15) is 14.4 Å². The quantitative estimate of drug-likeness (QED) is 0.346. The van der Waals surface area contributed by atoms with Crippen LogP contribution in [0.5, 0.6) is 17.2 Å². The monoisotopic (exact) mass is 478 g/mol. The van der Waals surface area contributed by atoms with Crippen molar-refractivity contribution in [2.75, 3.05) is 26.1 Å². The Labute approximate surface area is 203 Å². The first kappa shape index (κ1) is 25.1. The molecule has 0 aliphatic carbocycles. The maximum Gasteiger partial charge on any atom is 0.513 e. The Balaban J connectivity index is 1.59. The van der Waals surface area contributed by atoms with Gasteiger partial charge in [-0.15, -0.1) is 0 Å². The van der Waals surface area contributed by atoms with E-state index in [2.05, 4.69) is 10.6 Å². The number of nitrogens with one attached hydrogen (secondary N) is 2. The molecule has 0 heterocycles. The predicted octanol–water partition coefficient (Wildman–Crippen LogP) is 4.42. The highest BCUT2D eigenvalue weighted by molar-refractivity contribution is 6.04. The van der Waals surface area contributed by atoms with E-state index in [4.69, 9.17) is 18.9 Å². The highest BCUT2D eigenvalue weighted by atomic mass is 16.7. The lowest BCUT2D eigenvalue weighted by molar-refractivity contribution is 0.0950. The summed E-state index contributed by atoms with van der Waals surface area (Å²) in [5.74, 6) is 0.661. The fourth-order valence-electron chi connectivity index (χ4n) is 3.10. The summed E-state index contributed by atoms with van der Waals surface area (Å²) in [6.45, 7) is 2.13. The van der Waals surface area contributed by atoms with Gasteiger partial charge in [-0.05, 0) is 61.0 Å². The molecule has 9 nitrogen and oxygen atoms in total.